The van der Waals surface area contributed by atoms with E-state index >= 15 is 0 Å². The van der Waals surface area contributed by atoms with Crippen molar-refractivity contribution in [2.75, 3.05) is 5.75 Å². The van der Waals surface area contributed by atoms with E-state index in [1.807, 2.05) is 19.9 Å². The molecule has 0 aliphatic heterocycles. The quantitative estimate of drug-likeness (QED) is 0.411. The Bertz CT molecular complexity index is 919. The minimum absolute atomic E-state index is 0.0418. The van der Waals surface area contributed by atoms with Gasteiger partial charge in [0.1, 0.15) is 6.04 Å². The molecule has 0 bridgehead atoms. The van der Waals surface area contributed by atoms with Crippen LogP contribution in [-0.2, 0) is 21.9 Å². The average Bonchev–Trinajstić information content (AvgIpc) is 2.69. The SMILES string of the molecule is CC(C)NC(=O)C(C)N(Cc1c(Cl)cccc1Cl)C(=O)CSCc1ccc(Cl)c(Cl)c1. The van der Waals surface area contributed by atoms with E-state index in [4.69, 9.17) is 46.4 Å². The topological polar surface area (TPSA) is 49.4 Å². The number of amides is 2. The molecule has 31 heavy (non-hydrogen) atoms. The van der Waals surface area contributed by atoms with Gasteiger partial charge in [0.15, 0.2) is 0 Å². The van der Waals surface area contributed by atoms with Crippen molar-refractivity contribution >= 4 is 70.0 Å². The van der Waals surface area contributed by atoms with Crippen LogP contribution >= 0.6 is 58.2 Å². The molecule has 1 unspecified atom stereocenters. The zero-order valence-electron chi connectivity index (χ0n) is 17.4. The van der Waals surface area contributed by atoms with Crippen LogP contribution in [0.5, 0.6) is 0 Å². The summed E-state index contributed by atoms with van der Waals surface area (Å²) >= 11 is 26.1. The first-order valence-corrected chi connectivity index (χ1v) is 12.3. The number of thioether (sulfide) groups is 1. The summed E-state index contributed by atoms with van der Waals surface area (Å²) in [7, 11) is 0. The van der Waals surface area contributed by atoms with Crippen molar-refractivity contribution in [2.24, 2.45) is 0 Å². The van der Waals surface area contributed by atoms with Crippen LogP contribution in [-0.4, -0.2) is 34.6 Å². The highest BCUT2D eigenvalue weighted by Crippen LogP contribution is 2.28. The van der Waals surface area contributed by atoms with Gasteiger partial charge in [-0.3, -0.25) is 9.59 Å². The molecule has 0 spiro atoms. The number of hydrogen-bond acceptors (Lipinski definition) is 3. The van der Waals surface area contributed by atoms with Crippen LogP contribution in [0, 0.1) is 0 Å². The molecule has 0 aromatic heterocycles. The Hall–Kier alpha value is -1.11. The smallest absolute Gasteiger partial charge is 0.242 e. The highest BCUT2D eigenvalue weighted by Gasteiger charge is 2.27. The van der Waals surface area contributed by atoms with E-state index in [2.05, 4.69) is 5.32 Å². The molecule has 2 aromatic carbocycles. The molecule has 0 saturated carbocycles. The Morgan fingerprint density at radius 1 is 0.968 bits per heavy atom. The van der Waals surface area contributed by atoms with Crippen LogP contribution in [0.25, 0.3) is 0 Å². The number of rotatable bonds is 9. The molecule has 9 heteroatoms. The molecule has 2 rings (SSSR count). The minimum Gasteiger partial charge on any atom is -0.352 e. The first-order chi connectivity index (χ1) is 14.6. The number of hydrogen-bond donors (Lipinski definition) is 1. The van der Waals surface area contributed by atoms with Gasteiger partial charge in [-0.15, -0.1) is 11.8 Å². The summed E-state index contributed by atoms with van der Waals surface area (Å²) < 4.78 is 0. The van der Waals surface area contributed by atoms with Crippen molar-refractivity contribution in [3.63, 3.8) is 0 Å². The van der Waals surface area contributed by atoms with E-state index in [-0.39, 0.29) is 30.2 Å². The Balaban J connectivity index is 2.14. The molecule has 4 nitrogen and oxygen atoms in total. The summed E-state index contributed by atoms with van der Waals surface area (Å²) in [6.45, 7) is 5.57. The number of benzene rings is 2. The summed E-state index contributed by atoms with van der Waals surface area (Å²) in [5.74, 6) is 0.339. The van der Waals surface area contributed by atoms with Gasteiger partial charge in [-0.05, 0) is 50.6 Å². The molecule has 1 N–H and O–H groups in total. The van der Waals surface area contributed by atoms with Crippen molar-refractivity contribution in [1.82, 2.24) is 10.2 Å². The zero-order valence-corrected chi connectivity index (χ0v) is 21.3. The average molecular weight is 522 g/mol. The van der Waals surface area contributed by atoms with E-state index < -0.39 is 6.04 Å². The summed E-state index contributed by atoms with van der Waals surface area (Å²) in [6, 6.07) is 9.81. The maximum Gasteiger partial charge on any atom is 0.242 e. The Labute approximate surface area is 207 Å². The Morgan fingerprint density at radius 3 is 2.19 bits per heavy atom. The van der Waals surface area contributed by atoms with E-state index in [0.717, 1.165) is 5.56 Å². The second kappa shape index (κ2) is 12.2. The van der Waals surface area contributed by atoms with Crippen molar-refractivity contribution in [2.45, 2.75) is 45.2 Å². The summed E-state index contributed by atoms with van der Waals surface area (Å²) in [6.07, 6.45) is 0. The number of halogens is 4. The first-order valence-electron chi connectivity index (χ1n) is 9.64. The summed E-state index contributed by atoms with van der Waals surface area (Å²) in [4.78, 5) is 27.2. The fraction of sp³-hybridized carbons (Fsp3) is 0.364. The molecule has 0 radical (unpaired) electrons. The van der Waals surface area contributed by atoms with Crippen molar-refractivity contribution in [3.05, 3.63) is 67.6 Å². The lowest BCUT2D eigenvalue weighted by molar-refractivity contribution is -0.138. The van der Waals surface area contributed by atoms with Gasteiger partial charge >= 0.3 is 0 Å². The molecule has 0 heterocycles. The number of nitrogens with zero attached hydrogens (tertiary/aromatic N) is 1. The third-order valence-electron chi connectivity index (χ3n) is 4.47. The van der Waals surface area contributed by atoms with Gasteiger partial charge in [0.25, 0.3) is 0 Å². The number of nitrogens with one attached hydrogen (secondary N) is 1. The second-order valence-electron chi connectivity index (χ2n) is 7.30. The molecule has 0 fully saturated rings. The van der Waals surface area contributed by atoms with Gasteiger partial charge in [-0.2, -0.15) is 0 Å². The summed E-state index contributed by atoms with van der Waals surface area (Å²) in [5.41, 5.74) is 1.57. The molecule has 2 amide bonds. The predicted molar refractivity (Wildman–Crippen MR) is 132 cm³/mol. The van der Waals surface area contributed by atoms with Crippen molar-refractivity contribution < 1.29 is 9.59 Å². The molecule has 0 aliphatic carbocycles. The van der Waals surface area contributed by atoms with E-state index in [9.17, 15) is 9.59 Å². The Morgan fingerprint density at radius 2 is 1.61 bits per heavy atom. The van der Waals surface area contributed by atoms with Crippen molar-refractivity contribution in [1.29, 1.82) is 0 Å². The zero-order chi connectivity index (χ0) is 23.1. The third kappa shape index (κ3) is 7.76. The normalized spacial score (nSPS) is 12.0. The van der Waals surface area contributed by atoms with Gasteiger partial charge < -0.3 is 10.2 Å². The van der Waals surface area contributed by atoms with Crippen molar-refractivity contribution in [3.8, 4) is 0 Å². The predicted octanol–water partition coefficient (Wildman–Crippen LogP) is 6.48. The molecule has 1 atom stereocenters. The molecule has 0 aliphatic rings. The van der Waals surface area contributed by atoms with Gasteiger partial charge in [0, 0.05) is 33.9 Å². The van der Waals surface area contributed by atoms with Crippen LogP contribution in [0.1, 0.15) is 31.9 Å². The van der Waals surface area contributed by atoms with Gasteiger partial charge in [0.2, 0.25) is 11.8 Å². The van der Waals surface area contributed by atoms with Crippen LogP contribution < -0.4 is 5.32 Å². The van der Waals surface area contributed by atoms with Crippen LogP contribution in [0.2, 0.25) is 20.1 Å². The third-order valence-corrected chi connectivity index (χ3v) is 6.90. The molecular formula is C22H24Cl4N2O2S. The highest BCUT2D eigenvalue weighted by molar-refractivity contribution is 7.99. The number of carbonyl (C=O) groups excluding carboxylic acids is 2. The molecular weight excluding hydrogens is 498 g/mol. The fourth-order valence-electron chi connectivity index (χ4n) is 2.81. The Kier molecular flexibility index (Phi) is 10.3. The lowest BCUT2D eigenvalue weighted by Crippen LogP contribution is -2.49. The van der Waals surface area contributed by atoms with Crippen LogP contribution in [0.3, 0.4) is 0 Å². The van der Waals surface area contributed by atoms with E-state index in [0.29, 0.717) is 31.4 Å². The largest absolute Gasteiger partial charge is 0.352 e. The molecule has 2 aromatic rings. The number of carbonyl (C=O) groups is 2. The van der Waals surface area contributed by atoms with Gasteiger partial charge in [0.05, 0.1) is 15.8 Å². The standard InChI is InChI=1S/C22H24Cl4N2O2S/c1-13(2)27-22(30)14(3)28(10-16-17(23)5-4-6-18(16)24)21(29)12-31-11-15-7-8-19(25)20(26)9-15/h4-9,13-14H,10-12H2,1-3H3,(H,27,30). The van der Waals surface area contributed by atoms with E-state index in [1.54, 1.807) is 37.3 Å². The highest BCUT2D eigenvalue weighted by atomic mass is 35.5. The van der Waals surface area contributed by atoms with E-state index in [1.165, 1.54) is 16.7 Å². The fourth-order valence-corrected chi connectivity index (χ4v) is 4.51. The monoisotopic (exact) mass is 520 g/mol. The lowest BCUT2D eigenvalue weighted by Gasteiger charge is -2.30. The lowest BCUT2D eigenvalue weighted by atomic mass is 10.1. The second-order valence-corrected chi connectivity index (χ2v) is 9.92. The van der Waals surface area contributed by atoms with Gasteiger partial charge in [-0.1, -0.05) is 58.5 Å². The maximum absolute atomic E-state index is 13.1. The van der Waals surface area contributed by atoms with Crippen LogP contribution in [0.4, 0.5) is 0 Å². The minimum atomic E-state index is -0.687. The van der Waals surface area contributed by atoms with Gasteiger partial charge in [-0.25, -0.2) is 0 Å². The first kappa shape index (κ1) is 26.1. The van der Waals surface area contributed by atoms with Crippen LogP contribution in [0.15, 0.2) is 36.4 Å². The maximum atomic E-state index is 13.1. The summed E-state index contributed by atoms with van der Waals surface area (Å²) in [5, 5.41) is 4.71. The molecule has 168 valence electrons. The molecule has 0 saturated heterocycles.